The van der Waals surface area contributed by atoms with Crippen LogP contribution in [0.15, 0.2) is 42.5 Å². The summed E-state index contributed by atoms with van der Waals surface area (Å²) in [7, 11) is -2.62. The van der Waals surface area contributed by atoms with E-state index in [-0.39, 0.29) is 12.3 Å². The Hall–Kier alpha value is -3.14. The van der Waals surface area contributed by atoms with Gasteiger partial charge < -0.3 is 20.5 Å². The molecule has 0 aliphatic carbocycles. The maximum atomic E-state index is 12.5. The van der Waals surface area contributed by atoms with E-state index in [2.05, 4.69) is 10.6 Å². The van der Waals surface area contributed by atoms with E-state index in [1.807, 2.05) is 42.5 Å². The Balaban J connectivity index is 1.55. The molecule has 1 amide bonds. The van der Waals surface area contributed by atoms with Crippen LogP contribution in [0.5, 0.6) is 0 Å². The normalized spacial score (nSPS) is 19.6. The highest BCUT2D eigenvalue weighted by Gasteiger charge is 2.32. The summed E-state index contributed by atoms with van der Waals surface area (Å²) in [6.07, 6.45) is 1.42. The van der Waals surface area contributed by atoms with Gasteiger partial charge in [0.2, 0.25) is 0 Å². The average Bonchev–Trinajstić information content (AvgIpc) is 3.25. The maximum absolute atomic E-state index is 12.5. The van der Waals surface area contributed by atoms with E-state index in [1.54, 1.807) is 0 Å². The van der Waals surface area contributed by atoms with Gasteiger partial charge in [-0.15, -0.1) is 0 Å². The molecular formula is C22H23N3O5S. The molecule has 0 spiro atoms. The van der Waals surface area contributed by atoms with Crippen LogP contribution in [-0.2, 0) is 37.2 Å². The second-order valence-corrected chi connectivity index (χ2v) is 9.89. The predicted molar refractivity (Wildman–Crippen MR) is 120 cm³/mol. The fourth-order valence-electron chi connectivity index (χ4n) is 3.67. The van der Waals surface area contributed by atoms with Gasteiger partial charge in [-0.25, -0.2) is 0 Å². The summed E-state index contributed by atoms with van der Waals surface area (Å²) < 4.78 is 17.5. The van der Waals surface area contributed by atoms with Crippen molar-refractivity contribution in [3.8, 4) is 0 Å². The third kappa shape index (κ3) is 4.48. The number of para-hydroxylation sites is 1. The number of nitrogens with one attached hydrogen (secondary N) is 2. The van der Waals surface area contributed by atoms with E-state index < -0.39 is 21.7 Å². The quantitative estimate of drug-likeness (QED) is 0.398. The van der Waals surface area contributed by atoms with E-state index in [0.717, 1.165) is 27.9 Å². The van der Waals surface area contributed by atoms with Crippen LogP contribution >= 0.6 is 0 Å². The van der Waals surface area contributed by atoms with Crippen LogP contribution in [-0.4, -0.2) is 38.9 Å². The first kappa shape index (κ1) is 21.1. The predicted octanol–water partition coefficient (Wildman–Crippen LogP) is 1.56. The van der Waals surface area contributed by atoms with Crippen molar-refractivity contribution in [2.75, 3.05) is 11.6 Å². The average molecular weight is 442 g/mol. The third-order valence-corrected chi connectivity index (χ3v) is 6.05. The third-order valence-electron chi connectivity index (χ3n) is 5.20. The van der Waals surface area contributed by atoms with Crippen LogP contribution in [0.4, 0.5) is 5.69 Å². The number of anilines is 1. The smallest absolute Gasteiger partial charge is 0.321 e. The Bertz CT molecular complexity index is 1220. The lowest BCUT2D eigenvalue weighted by molar-refractivity contribution is -0.139. The van der Waals surface area contributed by atoms with E-state index in [1.165, 1.54) is 11.6 Å². The molecule has 0 saturated carbocycles. The van der Waals surface area contributed by atoms with Gasteiger partial charge in [0.25, 0.3) is 5.91 Å². The topological polar surface area (TPSA) is 131 Å². The number of carboxylic acids is 1. The second kappa shape index (κ2) is 8.18. The van der Waals surface area contributed by atoms with Crippen LogP contribution < -0.4 is 15.8 Å². The number of carbonyl (C=O) groups excluding carboxylic acids is 1. The molecule has 4 rings (SSSR count). The van der Waals surface area contributed by atoms with Gasteiger partial charge in [0.05, 0.1) is 5.57 Å². The number of amides is 1. The standard InChI is InChI=1S/C22H23N3O5S/c1-31(23,29)9-8-18(22(27)28)24-11-13-6-7-15-14(10-13)12-30-20(15)19-16-4-2-3-5-17(16)25-21(19)26/h2-7,9-10,18,24H,8,11-12H2,1H3,(H2,23,29)(H,25,26)(H,27,28). The Morgan fingerprint density at radius 3 is 2.84 bits per heavy atom. The number of hydrogen-bond acceptors (Lipinski definition) is 5. The Kier molecular flexibility index (Phi) is 5.57. The zero-order chi connectivity index (χ0) is 22.2. The number of benzene rings is 2. The minimum absolute atomic E-state index is 0.0555. The minimum Gasteiger partial charge on any atom is -0.487 e. The second-order valence-electron chi connectivity index (χ2n) is 7.62. The Morgan fingerprint density at radius 1 is 1.32 bits per heavy atom. The Labute approximate surface area is 180 Å². The number of nitrogens with two attached hydrogens (primary N) is 1. The van der Waals surface area contributed by atoms with Crippen molar-refractivity contribution >= 4 is 44.0 Å². The van der Waals surface area contributed by atoms with Crippen LogP contribution in [0.3, 0.4) is 0 Å². The lowest BCUT2D eigenvalue weighted by atomic mass is 9.99. The largest absolute Gasteiger partial charge is 0.487 e. The summed E-state index contributed by atoms with van der Waals surface area (Å²) in [6.45, 7) is 0.640. The molecule has 2 aromatic rings. The molecule has 0 fully saturated rings. The molecule has 5 N–H and O–H groups in total. The number of aliphatic carboxylic acids is 1. The zero-order valence-corrected chi connectivity index (χ0v) is 17.7. The first-order valence-corrected chi connectivity index (χ1v) is 11.8. The van der Waals surface area contributed by atoms with Crippen LogP contribution in [0.25, 0.3) is 11.3 Å². The molecule has 0 aromatic heterocycles. The molecule has 0 bridgehead atoms. The molecule has 2 aliphatic heterocycles. The highest BCUT2D eigenvalue weighted by Crippen LogP contribution is 2.41. The van der Waals surface area contributed by atoms with Crippen molar-refractivity contribution < 1.29 is 23.6 Å². The van der Waals surface area contributed by atoms with E-state index in [9.17, 15) is 18.9 Å². The number of rotatable bonds is 6. The van der Waals surface area contributed by atoms with E-state index in [4.69, 9.17) is 9.88 Å². The molecule has 2 heterocycles. The lowest BCUT2D eigenvalue weighted by Gasteiger charge is -2.13. The van der Waals surface area contributed by atoms with Gasteiger partial charge in [-0.2, -0.15) is 0 Å². The Morgan fingerprint density at radius 2 is 2.10 bits per heavy atom. The van der Waals surface area contributed by atoms with Crippen molar-refractivity contribution in [2.24, 2.45) is 5.14 Å². The molecule has 9 heteroatoms. The van der Waals surface area contributed by atoms with Crippen molar-refractivity contribution in [1.82, 2.24) is 5.32 Å². The lowest BCUT2D eigenvalue weighted by Crippen LogP contribution is -2.37. The van der Waals surface area contributed by atoms with Crippen molar-refractivity contribution in [1.29, 1.82) is 0 Å². The molecule has 0 saturated heterocycles. The van der Waals surface area contributed by atoms with Crippen LogP contribution in [0, 0.1) is 0 Å². The molecule has 2 unspecified atom stereocenters. The molecule has 2 aliphatic rings. The van der Waals surface area contributed by atoms with Crippen LogP contribution in [0.2, 0.25) is 0 Å². The summed E-state index contributed by atoms with van der Waals surface area (Å²) in [4.78, 5) is 24.0. The van der Waals surface area contributed by atoms with Gasteiger partial charge in [-0.05, 0) is 17.0 Å². The minimum atomic E-state index is -2.62. The maximum Gasteiger partial charge on any atom is 0.321 e. The summed E-state index contributed by atoms with van der Waals surface area (Å²) >= 11 is 0. The summed E-state index contributed by atoms with van der Waals surface area (Å²) in [5, 5.41) is 22.0. The highest BCUT2D eigenvalue weighted by molar-refractivity contribution is 7.98. The molecule has 8 nitrogen and oxygen atoms in total. The molecule has 31 heavy (non-hydrogen) atoms. The van der Waals surface area contributed by atoms with Gasteiger partial charge >= 0.3 is 5.97 Å². The van der Waals surface area contributed by atoms with Crippen molar-refractivity contribution in [3.63, 3.8) is 0 Å². The molecular weight excluding hydrogens is 418 g/mol. The van der Waals surface area contributed by atoms with Crippen molar-refractivity contribution in [3.05, 3.63) is 64.7 Å². The zero-order valence-electron chi connectivity index (χ0n) is 16.9. The molecule has 162 valence electrons. The first-order chi connectivity index (χ1) is 14.7. The number of ether oxygens (including phenoxy) is 1. The summed E-state index contributed by atoms with van der Waals surface area (Å²) in [6, 6.07) is 12.3. The SMILES string of the molecule is CS(N)(=O)=CCC(NCc1ccc2c(c1)COC2=C1C(=O)Nc2ccccc21)C(=O)O. The number of carbonyl (C=O) groups is 2. The van der Waals surface area contributed by atoms with Crippen LogP contribution in [0.1, 0.15) is 28.7 Å². The number of carboxylic acid groups (broad SMARTS) is 1. The first-order valence-electron chi connectivity index (χ1n) is 9.69. The van der Waals surface area contributed by atoms with Gasteiger partial charge in [-0.3, -0.25) is 18.9 Å². The monoisotopic (exact) mass is 441 g/mol. The van der Waals surface area contributed by atoms with Gasteiger partial charge in [0.15, 0.2) is 0 Å². The molecule has 2 aromatic carbocycles. The van der Waals surface area contributed by atoms with Crippen molar-refractivity contribution in [2.45, 2.75) is 25.6 Å². The fourth-order valence-corrected chi connectivity index (χ4v) is 4.25. The van der Waals surface area contributed by atoms with E-state index >= 15 is 0 Å². The summed E-state index contributed by atoms with van der Waals surface area (Å²) in [5.74, 6) is -0.680. The molecule has 2 atom stereocenters. The van der Waals surface area contributed by atoms with Gasteiger partial charge in [0.1, 0.15) is 18.4 Å². The molecule has 0 radical (unpaired) electrons. The van der Waals surface area contributed by atoms with Gasteiger partial charge in [0, 0.05) is 51.3 Å². The van der Waals surface area contributed by atoms with E-state index in [0.29, 0.717) is 24.5 Å². The van der Waals surface area contributed by atoms with Gasteiger partial charge in [-0.1, -0.05) is 36.4 Å². The summed E-state index contributed by atoms with van der Waals surface area (Å²) in [5.41, 5.74) is 4.75. The highest BCUT2D eigenvalue weighted by atomic mass is 32.2. The number of hydrogen-bond donors (Lipinski definition) is 4. The fraction of sp³-hybridized carbons (Fsp3) is 0.227. The number of fused-ring (bicyclic) bond motifs is 2.